The summed E-state index contributed by atoms with van der Waals surface area (Å²) in [6.45, 7) is 0.422. The molecule has 0 fully saturated rings. The van der Waals surface area contributed by atoms with Gasteiger partial charge < -0.3 is 11.1 Å². The van der Waals surface area contributed by atoms with Gasteiger partial charge in [0.2, 0.25) is 5.91 Å². The molecule has 1 amide bonds. The Hall–Kier alpha value is -0.710. The number of thioether (sulfide) groups is 1. The molecule has 1 aromatic rings. The van der Waals surface area contributed by atoms with Crippen molar-refractivity contribution in [2.75, 3.05) is 12.0 Å². The van der Waals surface area contributed by atoms with Gasteiger partial charge >= 0.3 is 0 Å². The number of benzene rings is 1. The van der Waals surface area contributed by atoms with Crippen molar-refractivity contribution in [2.45, 2.75) is 19.0 Å². The van der Waals surface area contributed by atoms with Gasteiger partial charge in [0.25, 0.3) is 0 Å². The zero-order valence-corrected chi connectivity index (χ0v) is 11.4. The third kappa shape index (κ3) is 4.98. The number of rotatable bonds is 6. The highest BCUT2D eigenvalue weighted by Crippen LogP contribution is 2.14. The van der Waals surface area contributed by atoms with Crippen LogP contribution in [0.5, 0.6) is 0 Å². The number of amides is 1. The molecule has 0 aliphatic heterocycles. The molecule has 0 bridgehead atoms. The summed E-state index contributed by atoms with van der Waals surface area (Å²) < 4.78 is 0. The molecule has 0 unspecified atom stereocenters. The SMILES string of the molecule is CSCC[C@@H](N)C(=O)NCc1ccccc1Cl. The average Bonchev–Trinajstić information content (AvgIpc) is 2.34. The lowest BCUT2D eigenvalue weighted by atomic mass is 10.2. The Labute approximate surface area is 111 Å². The molecule has 1 aromatic carbocycles. The molecule has 0 aromatic heterocycles. The fourth-order valence-electron chi connectivity index (χ4n) is 1.33. The molecular weight excluding hydrogens is 256 g/mol. The number of hydrogen-bond donors (Lipinski definition) is 2. The first-order chi connectivity index (χ1) is 8.15. The first kappa shape index (κ1) is 14.4. The van der Waals surface area contributed by atoms with E-state index in [1.165, 1.54) is 0 Å². The van der Waals surface area contributed by atoms with Crippen molar-refractivity contribution >= 4 is 29.3 Å². The van der Waals surface area contributed by atoms with E-state index in [1.807, 2.05) is 24.5 Å². The van der Waals surface area contributed by atoms with Crippen LogP contribution >= 0.6 is 23.4 Å². The van der Waals surface area contributed by atoms with Crippen LogP contribution in [0.1, 0.15) is 12.0 Å². The predicted molar refractivity (Wildman–Crippen MR) is 74.3 cm³/mol. The molecule has 3 nitrogen and oxygen atoms in total. The fraction of sp³-hybridized carbons (Fsp3) is 0.417. The second-order valence-electron chi connectivity index (χ2n) is 3.70. The summed E-state index contributed by atoms with van der Waals surface area (Å²) in [4.78, 5) is 11.6. The Morgan fingerprint density at radius 3 is 2.88 bits per heavy atom. The molecule has 0 aliphatic rings. The molecular formula is C12H17ClN2OS. The Morgan fingerprint density at radius 2 is 2.24 bits per heavy atom. The summed E-state index contributed by atoms with van der Waals surface area (Å²) in [5.41, 5.74) is 6.65. The first-order valence-corrected chi connectivity index (χ1v) is 7.18. The van der Waals surface area contributed by atoms with Gasteiger partial charge in [-0.1, -0.05) is 29.8 Å². The second-order valence-corrected chi connectivity index (χ2v) is 5.09. The average molecular weight is 273 g/mol. The van der Waals surface area contributed by atoms with E-state index in [2.05, 4.69) is 5.32 Å². The van der Waals surface area contributed by atoms with Crippen molar-refractivity contribution in [3.05, 3.63) is 34.9 Å². The molecule has 1 atom stereocenters. The second kappa shape index (κ2) is 7.58. The molecule has 0 aliphatic carbocycles. The van der Waals surface area contributed by atoms with E-state index in [0.717, 1.165) is 11.3 Å². The third-order valence-corrected chi connectivity index (χ3v) is 3.39. The zero-order chi connectivity index (χ0) is 12.7. The van der Waals surface area contributed by atoms with Crippen LogP contribution in [-0.4, -0.2) is 24.0 Å². The molecule has 94 valence electrons. The van der Waals surface area contributed by atoms with Gasteiger partial charge in [-0.15, -0.1) is 0 Å². The lowest BCUT2D eigenvalue weighted by Gasteiger charge is -2.12. The van der Waals surface area contributed by atoms with E-state index in [1.54, 1.807) is 17.8 Å². The summed E-state index contributed by atoms with van der Waals surface area (Å²) in [6, 6.07) is 7.00. The van der Waals surface area contributed by atoms with Gasteiger partial charge in [0.1, 0.15) is 0 Å². The number of nitrogens with one attached hydrogen (secondary N) is 1. The molecule has 0 saturated heterocycles. The predicted octanol–water partition coefficient (Wildman–Crippen LogP) is 2.04. The van der Waals surface area contributed by atoms with Crippen LogP contribution in [0, 0.1) is 0 Å². The smallest absolute Gasteiger partial charge is 0.237 e. The van der Waals surface area contributed by atoms with E-state index in [4.69, 9.17) is 17.3 Å². The molecule has 0 spiro atoms. The van der Waals surface area contributed by atoms with Crippen LogP contribution in [0.15, 0.2) is 24.3 Å². The molecule has 3 N–H and O–H groups in total. The summed E-state index contributed by atoms with van der Waals surface area (Å²) in [5.74, 6) is 0.764. The number of hydrogen-bond acceptors (Lipinski definition) is 3. The van der Waals surface area contributed by atoms with Crippen LogP contribution in [0.2, 0.25) is 5.02 Å². The van der Waals surface area contributed by atoms with E-state index < -0.39 is 6.04 Å². The lowest BCUT2D eigenvalue weighted by Crippen LogP contribution is -2.40. The summed E-state index contributed by atoms with van der Waals surface area (Å²) in [7, 11) is 0. The van der Waals surface area contributed by atoms with Gasteiger partial charge in [0.05, 0.1) is 6.04 Å². The monoisotopic (exact) mass is 272 g/mol. The highest BCUT2D eigenvalue weighted by atomic mass is 35.5. The van der Waals surface area contributed by atoms with E-state index in [-0.39, 0.29) is 5.91 Å². The number of carbonyl (C=O) groups excluding carboxylic acids is 1. The highest BCUT2D eigenvalue weighted by Gasteiger charge is 2.12. The maximum absolute atomic E-state index is 11.6. The molecule has 0 radical (unpaired) electrons. The van der Waals surface area contributed by atoms with Crippen LogP contribution in [0.25, 0.3) is 0 Å². The van der Waals surface area contributed by atoms with Gasteiger partial charge in [0.15, 0.2) is 0 Å². The number of carbonyl (C=O) groups is 1. The Morgan fingerprint density at radius 1 is 1.53 bits per heavy atom. The Balaban J connectivity index is 2.40. The molecule has 17 heavy (non-hydrogen) atoms. The fourth-order valence-corrected chi connectivity index (χ4v) is 2.02. The van der Waals surface area contributed by atoms with Crippen LogP contribution in [0.3, 0.4) is 0 Å². The van der Waals surface area contributed by atoms with Crippen molar-refractivity contribution in [1.29, 1.82) is 0 Å². The standard InChI is InChI=1S/C12H17ClN2OS/c1-17-7-6-11(14)12(16)15-8-9-4-2-3-5-10(9)13/h2-5,11H,6-8,14H2,1H3,(H,15,16)/t11-/m1/s1. The van der Waals surface area contributed by atoms with E-state index in [9.17, 15) is 4.79 Å². The van der Waals surface area contributed by atoms with Crippen LogP contribution in [0.4, 0.5) is 0 Å². The van der Waals surface area contributed by atoms with Crippen LogP contribution in [-0.2, 0) is 11.3 Å². The third-order valence-electron chi connectivity index (χ3n) is 2.38. The molecule has 0 saturated carbocycles. The zero-order valence-electron chi connectivity index (χ0n) is 9.78. The first-order valence-electron chi connectivity index (χ1n) is 5.40. The summed E-state index contributed by atoms with van der Waals surface area (Å²) >= 11 is 7.67. The van der Waals surface area contributed by atoms with Crippen molar-refractivity contribution < 1.29 is 4.79 Å². The number of halogens is 1. The Bertz CT molecular complexity index is 373. The normalized spacial score (nSPS) is 12.2. The quantitative estimate of drug-likeness (QED) is 0.833. The summed E-state index contributed by atoms with van der Waals surface area (Å²) in [6.07, 6.45) is 2.68. The topological polar surface area (TPSA) is 55.1 Å². The van der Waals surface area contributed by atoms with E-state index in [0.29, 0.717) is 18.0 Å². The van der Waals surface area contributed by atoms with Gasteiger partial charge in [-0.25, -0.2) is 0 Å². The van der Waals surface area contributed by atoms with E-state index >= 15 is 0 Å². The van der Waals surface area contributed by atoms with Gasteiger partial charge in [-0.3, -0.25) is 4.79 Å². The number of nitrogens with two attached hydrogens (primary N) is 1. The molecule has 5 heteroatoms. The van der Waals surface area contributed by atoms with Crippen molar-refractivity contribution in [3.63, 3.8) is 0 Å². The van der Waals surface area contributed by atoms with Crippen molar-refractivity contribution in [1.82, 2.24) is 5.32 Å². The maximum Gasteiger partial charge on any atom is 0.237 e. The van der Waals surface area contributed by atoms with Gasteiger partial charge in [0, 0.05) is 11.6 Å². The Kier molecular flexibility index (Phi) is 6.40. The largest absolute Gasteiger partial charge is 0.351 e. The summed E-state index contributed by atoms with van der Waals surface area (Å²) in [5, 5.41) is 3.45. The highest BCUT2D eigenvalue weighted by molar-refractivity contribution is 7.98. The minimum Gasteiger partial charge on any atom is -0.351 e. The minimum absolute atomic E-state index is 0.126. The van der Waals surface area contributed by atoms with Crippen molar-refractivity contribution in [2.24, 2.45) is 5.73 Å². The lowest BCUT2D eigenvalue weighted by molar-refractivity contribution is -0.122. The van der Waals surface area contributed by atoms with Gasteiger partial charge in [-0.05, 0) is 30.1 Å². The van der Waals surface area contributed by atoms with Crippen molar-refractivity contribution in [3.8, 4) is 0 Å². The van der Waals surface area contributed by atoms with Crippen LogP contribution < -0.4 is 11.1 Å². The molecule has 1 rings (SSSR count). The van der Waals surface area contributed by atoms with Gasteiger partial charge in [-0.2, -0.15) is 11.8 Å². The molecule has 0 heterocycles. The minimum atomic E-state index is -0.440. The maximum atomic E-state index is 11.6.